The van der Waals surface area contributed by atoms with Gasteiger partial charge in [-0.1, -0.05) is 11.6 Å². The Kier molecular flexibility index (Phi) is 3.27. The van der Waals surface area contributed by atoms with Crippen LogP contribution in [-0.2, 0) is 0 Å². The highest BCUT2D eigenvalue weighted by atomic mass is 35.5. The van der Waals surface area contributed by atoms with Gasteiger partial charge in [0, 0.05) is 11.8 Å². The van der Waals surface area contributed by atoms with Gasteiger partial charge in [0.15, 0.2) is 5.69 Å². The summed E-state index contributed by atoms with van der Waals surface area (Å²) in [5.41, 5.74) is 1.71. The van der Waals surface area contributed by atoms with Gasteiger partial charge in [-0.25, -0.2) is 9.78 Å². The fraction of sp³-hybridized carbons (Fsp3) is 0.0667. The molecule has 0 amide bonds. The fourth-order valence-corrected chi connectivity index (χ4v) is 2.33. The maximum absolute atomic E-state index is 11.6. The number of methoxy groups -OCH3 is 1. The first-order chi connectivity index (χ1) is 10.1. The molecule has 3 rings (SSSR count). The van der Waals surface area contributed by atoms with Crippen LogP contribution in [0.1, 0.15) is 10.5 Å². The van der Waals surface area contributed by atoms with E-state index in [0.29, 0.717) is 27.7 Å². The molecule has 0 unspecified atom stereocenters. The third-order valence-electron chi connectivity index (χ3n) is 3.15. The monoisotopic (exact) mass is 302 g/mol. The number of nitrogens with zero attached hydrogens (tertiary/aromatic N) is 2. The molecule has 1 N–H and O–H groups in total. The third kappa shape index (κ3) is 2.32. The lowest BCUT2D eigenvalue weighted by Crippen LogP contribution is -2.03. The Morgan fingerprint density at radius 3 is 2.57 bits per heavy atom. The Labute approximate surface area is 125 Å². The first-order valence-electron chi connectivity index (χ1n) is 6.15. The van der Waals surface area contributed by atoms with E-state index in [1.165, 1.54) is 4.40 Å². The van der Waals surface area contributed by atoms with Gasteiger partial charge in [-0.2, -0.15) is 0 Å². The molecule has 0 bridgehead atoms. The minimum absolute atomic E-state index is 0.0812. The second-order valence-corrected chi connectivity index (χ2v) is 4.85. The van der Waals surface area contributed by atoms with E-state index >= 15 is 0 Å². The molecule has 0 fully saturated rings. The fourth-order valence-electron chi connectivity index (χ4n) is 2.17. The molecule has 3 aromatic rings. The van der Waals surface area contributed by atoms with Gasteiger partial charge in [0.05, 0.1) is 12.1 Å². The van der Waals surface area contributed by atoms with Crippen LogP contribution >= 0.6 is 11.6 Å². The van der Waals surface area contributed by atoms with Crippen molar-refractivity contribution in [1.29, 1.82) is 0 Å². The number of aromatic nitrogens is 2. The Morgan fingerprint density at radius 2 is 1.95 bits per heavy atom. The van der Waals surface area contributed by atoms with Gasteiger partial charge in [-0.3, -0.25) is 4.40 Å². The average Bonchev–Trinajstić information content (AvgIpc) is 2.86. The van der Waals surface area contributed by atoms with Crippen LogP contribution < -0.4 is 4.74 Å². The lowest BCUT2D eigenvalue weighted by atomic mass is 10.1. The van der Waals surface area contributed by atoms with Crippen molar-refractivity contribution < 1.29 is 14.6 Å². The van der Waals surface area contributed by atoms with Crippen LogP contribution in [0.3, 0.4) is 0 Å². The summed E-state index contributed by atoms with van der Waals surface area (Å²) in [4.78, 5) is 16.0. The highest BCUT2D eigenvalue weighted by molar-refractivity contribution is 6.30. The number of benzene rings is 1. The molecule has 5 nitrogen and oxygen atoms in total. The molecule has 0 atom stereocenters. The van der Waals surface area contributed by atoms with E-state index in [9.17, 15) is 9.90 Å². The van der Waals surface area contributed by atoms with Gasteiger partial charge in [0.2, 0.25) is 0 Å². The zero-order valence-electron chi connectivity index (χ0n) is 11.1. The molecule has 21 heavy (non-hydrogen) atoms. The summed E-state index contributed by atoms with van der Waals surface area (Å²) >= 11 is 5.93. The molecule has 0 aliphatic carbocycles. The van der Waals surface area contributed by atoms with E-state index in [1.807, 2.05) is 0 Å². The molecule has 0 aliphatic heterocycles. The quantitative estimate of drug-likeness (QED) is 0.805. The number of ether oxygens (including phenoxy) is 1. The summed E-state index contributed by atoms with van der Waals surface area (Å²) in [7, 11) is 1.57. The van der Waals surface area contributed by atoms with Crippen molar-refractivity contribution in [3.8, 4) is 17.0 Å². The van der Waals surface area contributed by atoms with E-state index in [2.05, 4.69) is 4.98 Å². The second-order valence-electron chi connectivity index (χ2n) is 4.42. The van der Waals surface area contributed by atoms with Crippen LogP contribution in [0.5, 0.6) is 5.75 Å². The molecule has 106 valence electrons. The summed E-state index contributed by atoms with van der Waals surface area (Å²) in [6.45, 7) is 0. The number of carboxylic acids is 1. The second kappa shape index (κ2) is 5.10. The van der Waals surface area contributed by atoms with Gasteiger partial charge in [0.1, 0.15) is 17.1 Å². The minimum atomic E-state index is -1.06. The maximum Gasteiger partial charge on any atom is 0.355 e. The highest BCUT2D eigenvalue weighted by Crippen LogP contribution is 2.27. The molecule has 2 aromatic heterocycles. The number of aromatic carboxylic acids is 1. The number of fused-ring (bicyclic) bond motifs is 1. The van der Waals surface area contributed by atoms with Gasteiger partial charge in [-0.15, -0.1) is 0 Å². The van der Waals surface area contributed by atoms with Gasteiger partial charge < -0.3 is 9.84 Å². The van der Waals surface area contributed by atoms with E-state index in [4.69, 9.17) is 16.3 Å². The van der Waals surface area contributed by atoms with Crippen molar-refractivity contribution >= 4 is 23.2 Å². The number of carboxylic acid groups (broad SMARTS) is 1. The largest absolute Gasteiger partial charge is 0.497 e. The molecule has 6 heteroatoms. The van der Waals surface area contributed by atoms with Crippen molar-refractivity contribution in [3.05, 3.63) is 53.3 Å². The minimum Gasteiger partial charge on any atom is -0.497 e. The SMILES string of the molecule is COc1ccc(-c2nc3ccc(Cl)cn3c2C(=O)O)cc1. The van der Waals surface area contributed by atoms with Crippen LogP contribution in [0.4, 0.5) is 0 Å². The molecule has 1 aromatic carbocycles. The molecule has 0 aliphatic rings. The first-order valence-corrected chi connectivity index (χ1v) is 6.53. The zero-order valence-corrected chi connectivity index (χ0v) is 11.8. The Balaban J connectivity index is 2.25. The lowest BCUT2D eigenvalue weighted by molar-refractivity contribution is 0.0690. The van der Waals surface area contributed by atoms with Crippen molar-refractivity contribution in [2.75, 3.05) is 7.11 Å². The van der Waals surface area contributed by atoms with Crippen LogP contribution in [0.15, 0.2) is 42.6 Å². The Hall–Kier alpha value is -2.53. The molecular formula is C15H11ClN2O3. The molecular weight excluding hydrogens is 292 g/mol. The summed E-state index contributed by atoms with van der Waals surface area (Å²) in [6, 6.07) is 10.4. The zero-order chi connectivity index (χ0) is 15.0. The van der Waals surface area contributed by atoms with E-state index in [-0.39, 0.29) is 5.69 Å². The van der Waals surface area contributed by atoms with Crippen LogP contribution in [0, 0.1) is 0 Å². The molecule has 0 saturated carbocycles. The maximum atomic E-state index is 11.6. The van der Waals surface area contributed by atoms with Gasteiger partial charge in [-0.05, 0) is 36.4 Å². The number of rotatable bonds is 3. The number of pyridine rings is 1. The molecule has 0 spiro atoms. The summed E-state index contributed by atoms with van der Waals surface area (Å²) < 4.78 is 6.57. The van der Waals surface area contributed by atoms with E-state index < -0.39 is 5.97 Å². The Bertz CT molecular complexity index is 825. The van der Waals surface area contributed by atoms with Crippen molar-refractivity contribution in [1.82, 2.24) is 9.38 Å². The third-order valence-corrected chi connectivity index (χ3v) is 3.37. The lowest BCUT2D eigenvalue weighted by Gasteiger charge is -2.02. The van der Waals surface area contributed by atoms with Crippen molar-refractivity contribution in [2.45, 2.75) is 0 Å². The number of hydrogen-bond donors (Lipinski definition) is 1. The molecule has 0 saturated heterocycles. The topological polar surface area (TPSA) is 63.8 Å². The van der Waals surface area contributed by atoms with Crippen molar-refractivity contribution in [3.63, 3.8) is 0 Å². The molecule has 2 heterocycles. The number of hydrogen-bond acceptors (Lipinski definition) is 3. The average molecular weight is 303 g/mol. The summed E-state index contributed by atoms with van der Waals surface area (Å²) in [5, 5.41) is 9.92. The Morgan fingerprint density at radius 1 is 1.24 bits per heavy atom. The van der Waals surface area contributed by atoms with Gasteiger partial charge in [0.25, 0.3) is 0 Å². The predicted octanol–water partition coefficient (Wildman–Crippen LogP) is 3.36. The first kappa shape index (κ1) is 13.5. The van der Waals surface area contributed by atoms with Crippen molar-refractivity contribution in [2.24, 2.45) is 0 Å². The van der Waals surface area contributed by atoms with E-state index in [1.54, 1.807) is 49.7 Å². The predicted molar refractivity (Wildman–Crippen MR) is 79.1 cm³/mol. The summed E-state index contributed by atoms with van der Waals surface area (Å²) in [5.74, 6) is -0.363. The van der Waals surface area contributed by atoms with E-state index in [0.717, 1.165) is 0 Å². The molecule has 0 radical (unpaired) electrons. The summed E-state index contributed by atoms with van der Waals surface area (Å²) in [6.07, 6.45) is 1.54. The smallest absolute Gasteiger partial charge is 0.355 e. The van der Waals surface area contributed by atoms with Crippen LogP contribution in [-0.4, -0.2) is 27.6 Å². The number of halogens is 1. The number of carbonyl (C=O) groups is 1. The highest BCUT2D eigenvalue weighted by Gasteiger charge is 2.20. The van der Waals surface area contributed by atoms with Gasteiger partial charge >= 0.3 is 5.97 Å². The normalized spacial score (nSPS) is 10.8. The van der Waals surface area contributed by atoms with Crippen LogP contribution in [0.25, 0.3) is 16.9 Å². The standard InChI is InChI=1S/C15H11ClN2O3/c1-21-11-5-2-9(3-6-11)13-14(15(19)20)18-8-10(16)4-7-12(18)17-13/h2-8H,1H3,(H,19,20). The van der Waals surface area contributed by atoms with Crippen LogP contribution in [0.2, 0.25) is 5.02 Å². The number of imidazole rings is 1.